The minimum atomic E-state index is 0.117. The molecule has 0 aromatic carbocycles. The van der Waals surface area contributed by atoms with E-state index in [1.165, 1.54) is 0 Å². The summed E-state index contributed by atoms with van der Waals surface area (Å²) in [6.45, 7) is 10.5. The summed E-state index contributed by atoms with van der Waals surface area (Å²) in [5.74, 6) is 1.47. The quantitative estimate of drug-likeness (QED) is 0.765. The SMILES string of the molecule is CN[C@@H]1CCN(c2nc(N)nc(N[C@H](C)C(C)(C)C)n2)C1. The lowest BCUT2D eigenvalue weighted by Crippen LogP contribution is -2.33. The average Bonchev–Trinajstić information content (AvgIpc) is 2.85. The molecule has 4 N–H and O–H groups in total. The molecule has 0 aliphatic carbocycles. The van der Waals surface area contributed by atoms with Gasteiger partial charge in [0.1, 0.15) is 0 Å². The van der Waals surface area contributed by atoms with E-state index in [1.807, 2.05) is 7.05 Å². The Morgan fingerprint density at radius 1 is 1.29 bits per heavy atom. The molecule has 1 aromatic heterocycles. The van der Waals surface area contributed by atoms with Gasteiger partial charge in [0.05, 0.1) is 0 Å². The number of rotatable bonds is 4. The van der Waals surface area contributed by atoms with Crippen LogP contribution in [0.3, 0.4) is 0 Å². The van der Waals surface area contributed by atoms with Crippen molar-refractivity contribution < 1.29 is 0 Å². The number of nitrogen functional groups attached to an aromatic ring is 1. The third-order valence-corrected chi connectivity index (χ3v) is 4.16. The molecule has 0 spiro atoms. The Morgan fingerprint density at radius 2 is 2.00 bits per heavy atom. The van der Waals surface area contributed by atoms with Gasteiger partial charge < -0.3 is 21.3 Å². The van der Waals surface area contributed by atoms with Crippen molar-refractivity contribution in [2.24, 2.45) is 5.41 Å². The second kappa shape index (κ2) is 6.01. The number of nitrogens with two attached hydrogens (primary N) is 1. The number of nitrogens with one attached hydrogen (secondary N) is 2. The molecule has 0 radical (unpaired) electrons. The minimum absolute atomic E-state index is 0.117. The largest absolute Gasteiger partial charge is 0.368 e. The van der Waals surface area contributed by atoms with E-state index in [9.17, 15) is 0 Å². The molecule has 0 amide bonds. The highest BCUT2D eigenvalue weighted by atomic mass is 15.3. The fourth-order valence-corrected chi connectivity index (χ4v) is 2.17. The third kappa shape index (κ3) is 3.93. The number of hydrogen-bond acceptors (Lipinski definition) is 7. The predicted molar refractivity (Wildman–Crippen MR) is 86.5 cm³/mol. The fourth-order valence-electron chi connectivity index (χ4n) is 2.17. The highest BCUT2D eigenvalue weighted by Crippen LogP contribution is 2.23. The Bertz CT molecular complexity index is 483. The summed E-state index contributed by atoms with van der Waals surface area (Å²) in [6.07, 6.45) is 1.09. The molecule has 2 rings (SSSR count). The van der Waals surface area contributed by atoms with Crippen molar-refractivity contribution in [3.63, 3.8) is 0 Å². The first-order valence-electron chi connectivity index (χ1n) is 7.50. The maximum Gasteiger partial charge on any atom is 0.232 e. The van der Waals surface area contributed by atoms with Crippen LogP contribution in [0.15, 0.2) is 0 Å². The molecular weight excluding hydrogens is 266 g/mol. The van der Waals surface area contributed by atoms with Gasteiger partial charge in [0.15, 0.2) is 0 Å². The Labute approximate surface area is 126 Å². The smallest absolute Gasteiger partial charge is 0.232 e. The van der Waals surface area contributed by atoms with Crippen LogP contribution in [0.5, 0.6) is 0 Å². The second-order valence-electron chi connectivity index (χ2n) is 6.77. The van der Waals surface area contributed by atoms with Crippen molar-refractivity contribution in [1.29, 1.82) is 0 Å². The van der Waals surface area contributed by atoms with Crippen molar-refractivity contribution >= 4 is 17.8 Å². The highest BCUT2D eigenvalue weighted by molar-refractivity contribution is 5.43. The van der Waals surface area contributed by atoms with Gasteiger partial charge in [-0.3, -0.25) is 0 Å². The van der Waals surface area contributed by atoms with E-state index in [1.54, 1.807) is 0 Å². The van der Waals surface area contributed by atoms with Crippen LogP contribution in [0.25, 0.3) is 0 Å². The topological polar surface area (TPSA) is 92.0 Å². The zero-order valence-corrected chi connectivity index (χ0v) is 13.6. The molecule has 2 atom stereocenters. The zero-order valence-electron chi connectivity index (χ0n) is 13.6. The van der Waals surface area contributed by atoms with Crippen molar-refractivity contribution in [3.8, 4) is 0 Å². The van der Waals surface area contributed by atoms with Crippen molar-refractivity contribution in [2.45, 2.75) is 46.2 Å². The van der Waals surface area contributed by atoms with Crippen molar-refractivity contribution in [2.75, 3.05) is 36.1 Å². The van der Waals surface area contributed by atoms with E-state index < -0.39 is 0 Å². The Kier molecular flexibility index (Phi) is 4.51. The molecule has 21 heavy (non-hydrogen) atoms. The highest BCUT2D eigenvalue weighted by Gasteiger charge is 2.25. The second-order valence-corrected chi connectivity index (χ2v) is 6.77. The number of nitrogens with zero attached hydrogens (tertiary/aromatic N) is 4. The van der Waals surface area contributed by atoms with E-state index in [0.717, 1.165) is 19.5 Å². The molecule has 7 heteroatoms. The molecule has 0 unspecified atom stereocenters. The molecule has 1 aliphatic heterocycles. The Hall–Kier alpha value is -1.63. The number of likely N-dealkylation sites (N-methyl/N-ethyl adjacent to an activating group) is 1. The summed E-state index contributed by atoms with van der Waals surface area (Å²) in [4.78, 5) is 15.1. The lowest BCUT2D eigenvalue weighted by Gasteiger charge is -2.28. The lowest BCUT2D eigenvalue weighted by atomic mass is 9.88. The molecular formula is C14H27N7. The van der Waals surface area contributed by atoms with Crippen LogP contribution in [-0.2, 0) is 0 Å². The van der Waals surface area contributed by atoms with Gasteiger partial charge in [0.25, 0.3) is 0 Å². The van der Waals surface area contributed by atoms with Gasteiger partial charge in [-0.25, -0.2) is 0 Å². The maximum atomic E-state index is 5.83. The summed E-state index contributed by atoms with van der Waals surface area (Å²) in [7, 11) is 1.98. The minimum Gasteiger partial charge on any atom is -0.368 e. The first-order valence-corrected chi connectivity index (χ1v) is 7.50. The van der Waals surface area contributed by atoms with Crippen molar-refractivity contribution in [3.05, 3.63) is 0 Å². The van der Waals surface area contributed by atoms with Crippen LogP contribution in [0.4, 0.5) is 17.8 Å². The van der Waals surface area contributed by atoms with Crippen LogP contribution >= 0.6 is 0 Å². The van der Waals surface area contributed by atoms with Crippen molar-refractivity contribution in [1.82, 2.24) is 20.3 Å². The summed E-state index contributed by atoms with van der Waals surface area (Å²) < 4.78 is 0. The van der Waals surface area contributed by atoms with Gasteiger partial charge in [0, 0.05) is 25.2 Å². The van der Waals surface area contributed by atoms with Crippen LogP contribution in [0, 0.1) is 5.41 Å². The van der Waals surface area contributed by atoms with Gasteiger partial charge in [-0.1, -0.05) is 20.8 Å². The molecule has 2 heterocycles. The van der Waals surface area contributed by atoms with Gasteiger partial charge in [-0.05, 0) is 25.8 Å². The first-order chi connectivity index (χ1) is 9.79. The summed E-state index contributed by atoms with van der Waals surface area (Å²) in [6, 6.07) is 0.712. The molecule has 1 fully saturated rings. The number of anilines is 3. The van der Waals surface area contributed by atoms with Gasteiger partial charge >= 0.3 is 0 Å². The van der Waals surface area contributed by atoms with Gasteiger partial charge in [-0.15, -0.1) is 0 Å². The van der Waals surface area contributed by atoms with Gasteiger partial charge in [0.2, 0.25) is 17.8 Å². The number of hydrogen-bond donors (Lipinski definition) is 3. The van der Waals surface area contributed by atoms with E-state index in [4.69, 9.17) is 5.73 Å². The zero-order chi connectivity index (χ0) is 15.6. The van der Waals surface area contributed by atoms with Gasteiger partial charge in [-0.2, -0.15) is 15.0 Å². The third-order valence-electron chi connectivity index (χ3n) is 4.16. The van der Waals surface area contributed by atoms with E-state index in [2.05, 4.69) is 58.2 Å². The summed E-state index contributed by atoms with van der Waals surface area (Å²) in [5, 5.41) is 6.61. The normalized spacial score (nSPS) is 20.6. The molecule has 118 valence electrons. The first kappa shape index (κ1) is 15.8. The van der Waals surface area contributed by atoms with Crippen LogP contribution in [-0.4, -0.2) is 47.2 Å². The predicted octanol–water partition coefficient (Wildman–Crippen LogP) is 1.10. The molecule has 1 aromatic rings. The molecule has 0 bridgehead atoms. The summed E-state index contributed by atoms with van der Waals surface area (Å²) in [5.41, 5.74) is 5.95. The summed E-state index contributed by atoms with van der Waals surface area (Å²) >= 11 is 0. The van der Waals surface area contributed by atoms with Crippen LogP contribution in [0.2, 0.25) is 0 Å². The lowest BCUT2D eigenvalue weighted by molar-refractivity contribution is 0.358. The monoisotopic (exact) mass is 293 g/mol. The van der Waals surface area contributed by atoms with Crippen LogP contribution in [0.1, 0.15) is 34.1 Å². The fraction of sp³-hybridized carbons (Fsp3) is 0.786. The van der Waals surface area contributed by atoms with E-state index >= 15 is 0 Å². The average molecular weight is 293 g/mol. The molecule has 1 aliphatic rings. The molecule has 0 saturated carbocycles. The maximum absolute atomic E-state index is 5.83. The standard InChI is InChI=1S/C14H27N7/c1-9(14(2,3)4)17-12-18-11(15)19-13(20-12)21-7-6-10(8-21)16-5/h9-10,16H,6-8H2,1-5H3,(H3,15,17,18,19,20)/t9-,10-/m1/s1. The number of aromatic nitrogens is 3. The van der Waals surface area contributed by atoms with E-state index in [-0.39, 0.29) is 17.4 Å². The molecule has 1 saturated heterocycles. The Morgan fingerprint density at radius 3 is 2.57 bits per heavy atom. The van der Waals surface area contributed by atoms with E-state index in [0.29, 0.717) is 17.9 Å². The Balaban J connectivity index is 2.14. The van der Waals surface area contributed by atoms with Crippen LogP contribution < -0.4 is 21.3 Å². The molecule has 7 nitrogen and oxygen atoms in total.